The largest absolute Gasteiger partial charge is 0.345 e. The van der Waals surface area contributed by atoms with Gasteiger partial charge in [-0.3, -0.25) is 4.79 Å². The summed E-state index contributed by atoms with van der Waals surface area (Å²) < 4.78 is 1.18. The van der Waals surface area contributed by atoms with Crippen molar-refractivity contribution in [1.82, 2.24) is 10.3 Å². The summed E-state index contributed by atoms with van der Waals surface area (Å²) in [5.74, 6) is 0.00267. The molecule has 1 amide bonds. The second kappa shape index (κ2) is 8.16. The van der Waals surface area contributed by atoms with Gasteiger partial charge >= 0.3 is 0 Å². The minimum absolute atomic E-state index is 0.00267. The molecule has 4 nitrogen and oxygen atoms in total. The summed E-state index contributed by atoms with van der Waals surface area (Å²) in [5, 5.41) is 4.76. The minimum atomic E-state index is -0.123. The van der Waals surface area contributed by atoms with Crippen LogP contribution in [0.5, 0.6) is 0 Å². The number of rotatable bonds is 6. The van der Waals surface area contributed by atoms with Crippen LogP contribution in [0, 0.1) is 0 Å². The fourth-order valence-corrected chi connectivity index (χ4v) is 4.30. The Hall–Kier alpha value is -1.95. The van der Waals surface area contributed by atoms with E-state index in [2.05, 4.69) is 18.3 Å². The van der Waals surface area contributed by atoms with E-state index < -0.39 is 0 Å². The first-order valence-electron chi connectivity index (χ1n) is 8.67. The van der Waals surface area contributed by atoms with E-state index in [0.717, 1.165) is 21.0 Å². The van der Waals surface area contributed by atoms with E-state index in [1.165, 1.54) is 4.70 Å². The molecule has 0 aliphatic rings. The molecule has 2 aromatic carbocycles. The first-order chi connectivity index (χ1) is 12.5. The third-order valence-corrected chi connectivity index (χ3v) is 6.17. The zero-order valence-electron chi connectivity index (χ0n) is 15.1. The topological polar surface area (TPSA) is 46.4 Å². The Kier molecular flexibility index (Phi) is 5.91. The number of hydrogen-bond acceptors (Lipinski definition) is 3. The number of thiazole rings is 1. The molecular weight excluding hydrogens is 366 g/mol. The van der Waals surface area contributed by atoms with Crippen LogP contribution in [0.25, 0.3) is 10.2 Å². The predicted octanol–water partition coefficient (Wildman–Crippen LogP) is 3.40. The molecule has 0 radical (unpaired) electrons. The first-order valence-corrected chi connectivity index (χ1v) is 9.86. The molecule has 0 spiro atoms. The molecule has 1 heterocycles. The molecule has 1 aromatic heterocycles. The maximum absolute atomic E-state index is 12.5. The first kappa shape index (κ1) is 18.8. The lowest BCUT2D eigenvalue weighted by Crippen LogP contribution is -3.10. The Morgan fingerprint density at radius 1 is 1.19 bits per heavy atom. The Morgan fingerprint density at radius 3 is 2.62 bits per heavy atom. The number of amides is 1. The van der Waals surface area contributed by atoms with E-state index in [1.807, 2.05) is 56.4 Å². The number of nitrogens with one attached hydrogen (secondary N) is 2. The number of hydrogen-bond donors (Lipinski definition) is 2. The van der Waals surface area contributed by atoms with Gasteiger partial charge in [0.2, 0.25) is 0 Å². The number of fused-ring (bicyclic) bond motifs is 1. The molecule has 6 heteroatoms. The van der Waals surface area contributed by atoms with Gasteiger partial charge in [-0.05, 0) is 37.6 Å². The fraction of sp³-hybridized carbons (Fsp3) is 0.300. The van der Waals surface area contributed by atoms with Crippen molar-refractivity contribution < 1.29 is 9.69 Å². The zero-order chi connectivity index (χ0) is 18.7. The highest BCUT2D eigenvalue weighted by Gasteiger charge is 2.23. The number of quaternary nitrogens is 1. The predicted molar refractivity (Wildman–Crippen MR) is 108 cm³/mol. The average molecular weight is 389 g/mol. The van der Waals surface area contributed by atoms with E-state index in [1.54, 1.807) is 11.3 Å². The monoisotopic (exact) mass is 388 g/mol. The molecule has 0 saturated carbocycles. The zero-order valence-corrected chi connectivity index (χ0v) is 16.7. The van der Waals surface area contributed by atoms with E-state index in [-0.39, 0.29) is 18.0 Å². The lowest BCUT2D eigenvalue weighted by molar-refractivity contribution is -0.902. The average Bonchev–Trinajstić information content (AvgIpc) is 3.05. The normalized spacial score (nSPS) is 14.8. The van der Waals surface area contributed by atoms with Gasteiger partial charge in [0.05, 0.1) is 23.3 Å². The highest BCUT2D eigenvalue weighted by Crippen LogP contribution is 2.25. The smallest absolute Gasteiger partial charge is 0.275 e. The molecular formula is C20H23ClN3OS+. The molecule has 26 heavy (non-hydrogen) atoms. The number of aromatic nitrogens is 1. The SMILES string of the molecule is C[C@H](NC(=O)C[NH+](C)[C@@H](C)c1nc2ccccc2s1)c1ccccc1Cl. The summed E-state index contributed by atoms with van der Waals surface area (Å²) in [6.07, 6.45) is 0. The lowest BCUT2D eigenvalue weighted by atomic mass is 10.1. The van der Waals surface area contributed by atoms with Gasteiger partial charge in [-0.2, -0.15) is 0 Å². The van der Waals surface area contributed by atoms with Crippen LogP contribution >= 0.6 is 22.9 Å². The van der Waals surface area contributed by atoms with Crippen LogP contribution < -0.4 is 10.2 Å². The summed E-state index contributed by atoms with van der Waals surface area (Å²) in [4.78, 5) is 18.3. The molecule has 0 bridgehead atoms. The van der Waals surface area contributed by atoms with Gasteiger partial charge < -0.3 is 10.2 Å². The molecule has 3 aromatic rings. The number of likely N-dealkylation sites (N-methyl/N-ethyl adjacent to an activating group) is 1. The van der Waals surface area contributed by atoms with Crippen LogP contribution in [-0.4, -0.2) is 24.5 Å². The highest BCUT2D eigenvalue weighted by molar-refractivity contribution is 7.18. The molecule has 3 rings (SSSR count). The van der Waals surface area contributed by atoms with Crippen LogP contribution in [0.2, 0.25) is 5.02 Å². The van der Waals surface area contributed by atoms with Crippen molar-refractivity contribution in [3.8, 4) is 0 Å². The maximum Gasteiger partial charge on any atom is 0.275 e. The third kappa shape index (κ3) is 4.23. The third-order valence-electron chi connectivity index (χ3n) is 4.61. The van der Waals surface area contributed by atoms with Gasteiger partial charge in [0.25, 0.3) is 5.91 Å². The highest BCUT2D eigenvalue weighted by atomic mass is 35.5. The van der Waals surface area contributed by atoms with E-state index in [9.17, 15) is 4.79 Å². The van der Waals surface area contributed by atoms with Crippen molar-refractivity contribution >= 4 is 39.1 Å². The Bertz CT molecular complexity index is 878. The molecule has 1 unspecified atom stereocenters. The Balaban J connectivity index is 1.62. The second-order valence-electron chi connectivity index (χ2n) is 6.58. The van der Waals surface area contributed by atoms with E-state index >= 15 is 0 Å². The van der Waals surface area contributed by atoms with Crippen molar-refractivity contribution in [1.29, 1.82) is 0 Å². The van der Waals surface area contributed by atoms with Gasteiger partial charge in [-0.15, -0.1) is 11.3 Å². The van der Waals surface area contributed by atoms with Crippen molar-refractivity contribution in [2.45, 2.75) is 25.9 Å². The number of halogens is 1. The molecule has 3 atom stereocenters. The quantitative estimate of drug-likeness (QED) is 0.679. The maximum atomic E-state index is 12.5. The Labute approximate surface area is 162 Å². The van der Waals surface area contributed by atoms with Gasteiger partial charge in [0.1, 0.15) is 6.04 Å². The fourth-order valence-electron chi connectivity index (χ4n) is 2.89. The summed E-state index contributed by atoms with van der Waals surface area (Å²) in [5.41, 5.74) is 1.95. The number of carbonyl (C=O) groups is 1. The van der Waals surface area contributed by atoms with E-state index in [0.29, 0.717) is 11.6 Å². The number of para-hydroxylation sites is 1. The van der Waals surface area contributed by atoms with Crippen molar-refractivity contribution in [2.75, 3.05) is 13.6 Å². The van der Waals surface area contributed by atoms with E-state index in [4.69, 9.17) is 16.6 Å². The summed E-state index contributed by atoms with van der Waals surface area (Å²) >= 11 is 7.91. The Morgan fingerprint density at radius 2 is 1.88 bits per heavy atom. The summed E-state index contributed by atoms with van der Waals surface area (Å²) in [6.45, 7) is 4.44. The minimum Gasteiger partial charge on any atom is -0.345 e. The number of benzene rings is 2. The van der Waals surface area contributed by atoms with Gasteiger partial charge in [0.15, 0.2) is 11.6 Å². The number of nitrogens with zero attached hydrogens (tertiary/aromatic N) is 1. The molecule has 0 aliphatic carbocycles. The van der Waals surface area contributed by atoms with Crippen LogP contribution in [0.1, 0.15) is 36.5 Å². The van der Waals surface area contributed by atoms with Crippen molar-refractivity contribution in [3.63, 3.8) is 0 Å². The summed E-state index contributed by atoms with van der Waals surface area (Å²) in [7, 11) is 2.02. The van der Waals surface area contributed by atoms with Gasteiger partial charge in [-0.25, -0.2) is 4.98 Å². The lowest BCUT2D eigenvalue weighted by Gasteiger charge is -2.21. The number of carbonyl (C=O) groups excluding carboxylic acids is 1. The van der Waals surface area contributed by atoms with Gasteiger partial charge in [-0.1, -0.05) is 41.9 Å². The second-order valence-corrected chi connectivity index (χ2v) is 8.04. The van der Waals surface area contributed by atoms with Crippen molar-refractivity contribution in [2.24, 2.45) is 0 Å². The van der Waals surface area contributed by atoms with Crippen molar-refractivity contribution in [3.05, 3.63) is 64.1 Å². The van der Waals surface area contributed by atoms with Crippen LogP contribution in [0.4, 0.5) is 0 Å². The van der Waals surface area contributed by atoms with Crippen LogP contribution in [0.3, 0.4) is 0 Å². The van der Waals surface area contributed by atoms with Crippen LogP contribution in [-0.2, 0) is 4.79 Å². The van der Waals surface area contributed by atoms with Gasteiger partial charge in [0, 0.05) is 5.02 Å². The molecule has 2 N–H and O–H groups in total. The molecule has 0 saturated heterocycles. The molecule has 0 aliphatic heterocycles. The van der Waals surface area contributed by atoms with Crippen LogP contribution in [0.15, 0.2) is 48.5 Å². The summed E-state index contributed by atoms with van der Waals surface area (Å²) in [6, 6.07) is 15.7. The molecule has 136 valence electrons. The molecule has 0 fully saturated rings. The standard InChI is InChI=1S/C20H22ClN3OS/c1-13(15-8-4-5-9-16(15)21)22-19(25)12-24(3)14(2)20-23-17-10-6-7-11-18(17)26-20/h4-11,13-14H,12H2,1-3H3,(H,22,25)/p+1/t13-,14-/m0/s1.